The van der Waals surface area contributed by atoms with E-state index in [0.717, 1.165) is 63.9 Å². The van der Waals surface area contributed by atoms with Crippen LogP contribution >= 0.6 is 0 Å². The summed E-state index contributed by atoms with van der Waals surface area (Å²) >= 11 is 0. The number of phenols is 1. The summed E-state index contributed by atoms with van der Waals surface area (Å²) in [6.07, 6.45) is 11.6. The summed E-state index contributed by atoms with van der Waals surface area (Å²) in [6, 6.07) is 23.6. The number of phenolic OH excluding ortho intramolecular Hbond substituents is 1. The highest BCUT2D eigenvalue weighted by atomic mass is 32.2. The number of Topliss-reactive ketones (excluding diaryl/α,β-unsaturated/α-hetero) is 1. The van der Waals surface area contributed by atoms with Crippen molar-refractivity contribution in [1.29, 1.82) is 0 Å². The van der Waals surface area contributed by atoms with Crippen molar-refractivity contribution in [2.75, 3.05) is 30.3 Å². The van der Waals surface area contributed by atoms with Gasteiger partial charge in [-0.1, -0.05) is 50.6 Å². The summed E-state index contributed by atoms with van der Waals surface area (Å²) in [6.45, 7) is 12.0. The number of hydrogen-bond acceptors (Lipinski definition) is 8. The number of rotatable bonds is 20. The molecule has 1 unspecified atom stereocenters. The largest absolute Gasteiger partial charge is 0.508 e. The molecule has 2 heterocycles. The first kappa shape index (κ1) is 45.7. The molecule has 4 aromatic carbocycles. The summed E-state index contributed by atoms with van der Waals surface area (Å²) in [5.74, 6) is 0.790. The maximum atomic E-state index is 12.4. The summed E-state index contributed by atoms with van der Waals surface area (Å²) < 4.78 is 75.7. The average Bonchev–Trinajstić information content (AvgIpc) is 3.57. The van der Waals surface area contributed by atoms with Crippen LogP contribution in [0, 0.1) is 5.92 Å². The van der Waals surface area contributed by atoms with E-state index in [1.807, 2.05) is 32.0 Å². The Bertz CT molecular complexity index is 2580. The topological polar surface area (TPSA) is 162 Å². The first-order valence-corrected chi connectivity index (χ1v) is 24.2. The van der Waals surface area contributed by atoms with Crippen molar-refractivity contribution in [3.8, 4) is 11.5 Å². The molecule has 0 aliphatic carbocycles. The van der Waals surface area contributed by atoms with Gasteiger partial charge in [-0.3, -0.25) is 13.9 Å². The van der Waals surface area contributed by atoms with Crippen LogP contribution in [0.25, 0.3) is 10.8 Å². The molecule has 11 nitrogen and oxygen atoms in total. The minimum absolute atomic E-state index is 0.00678. The molecule has 6 rings (SSSR count). The summed E-state index contributed by atoms with van der Waals surface area (Å²) in [5.41, 5.74) is 5.09. The summed E-state index contributed by atoms with van der Waals surface area (Å²) in [4.78, 5) is 14.5. The molecule has 0 spiro atoms. The van der Waals surface area contributed by atoms with Gasteiger partial charge in [-0.05, 0) is 124 Å². The van der Waals surface area contributed by atoms with Gasteiger partial charge in [0.25, 0.3) is 20.2 Å². The van der Waals surface area contributed by atoms with Gasteiger partial charge in [-0.2, -0.15) is 21.4 Å². The second-order valence-corrected chi connectivity index (χ2v) is 20.3. The fourth-order valence-corrected chi connectivity index (χ4v) is 10.0. The first-order valence-electron chi connectivity index (χ1n) is 21.2. The molecule has 326 valence electrons. The number of carbonyl (C=O) groups is 1. The van der Waals surface area contributed by atoms with E-state index < -0.39 is 31.1 Å². The molecule has 0 bridgehead atoms. The molecule has 61 heavy (non-hydrogen) atoms. The number of para-hydroxylation sites is 1. The fraction of sp³-hybridized carbons (Fsp3) is 0.417. The van der Waals surface area contributed by atoms with Gasteiger partial charge in [0.2, 0.25) is 5.69 Å². The molecule has 0 aromatic heterocycles. The Morgan fingerprint density at radius 1 is 0.869 bits per heavy atom. The Morgan fingerprint density at radius 2 is 1.59 bits per heavy atom. The Hall–Kier alpha value is -4.82. The van der Waals surface area contributed by atoms with Crippen LogP contribution in [0.3, 0.4) is 0 Å². The number of fused-ring (bicyclic) bond motifs is 4. The minimum atomic E-state index is -4.45. The molecule has 3 N–H and O–H groups in total. The van der Waals surface area contributed by atoms with Crippen LogP contribution in [-0.2, 0) is 35.9 Å². The third-order valence-electron chi connectivity index (χ3n) is 12.2. The molecule has 13 heteroatoms. The average molecular weight is 872 g/mol. The Kier molecular flexibility index (Phi) is 14.0. The number of carbonyl (C=O) groups excluding carboxylic acids is 1. The van der Waals surface area contributed by atoms with Gasteiger partial charge in [0.1, 0.15) is 23.8 Å². The Labute approximate surface area is 361 Å². The second-order valence-electron chi connectivity index (χ2n) is 17.3. The van der Waals surface area contributed by atoms with Crippen molar-refractivity contribution < 1.29 is 45.2 Å². The van der Waals surface area contributed by atoms with E-state index in [2.05, 4.69) is 66.7 Å². The van der Waals surface area contributed by atoms with Crippen LogP contribution < -0.4 is 9.64 Å². The van der Waals surface area contributed by atoms with E-state index >= 15 is 0 Å². The molecule has 1 atom stereocenters. The lowest BCUT2D eigenvalue weighted by Gasteiger charge is -2.30. The van der Waals surface area contributed by atoms with Crippen molar-refractivity contribution in [2.45, 2.75) is 102 Å². The molecular formula is C48H59N2O9S2+. The monoisotopic (exact) mass is 871 g/mol. The third kappa shape index (κ3) is 10.5. The van der Waals surface area contributed by atoms with Crippen LogP contribution in [0.1, 0.15) is 97.1 Å². The molecule has 2 aliphatic rings. The SMILES string of the molecule is CC(C)C(=O)CCCCC[N+]1=C(/C=C/C=C2/N(CCCOc3ccc(O)cc3)c3ccccc3C2(C)CCCCS(=O)(=O)O)C(C)(C)c2c1ccc1ccc(S(=O)(=O)O)cc21. The number of hydrogen-bond donors (Lipinski definition) is 3. The van der Waals surface area contributed by atoms with Gasteiger partial charge in [-0.25, -0.2) is 0 Å². The predicted molar refractivity (Wildman–Crippen MR) is 242 cm³/mol. The summed E-state index contributed by atoms with van der Waals surface area (Å²) in [5, 5.41) is 11.3. The van der Waals surface area contributed by atoms with Gasteiger partial charge < -0.3 is 14.7 Å². The van der Waals surface area contributed by atoms with Crippen molar-refractivity contribution in [2.24, 2.45) is 5.92 Å². The quantitative estimate of drug-likeness (QED) is 0.0443. The van der Waals surface area contributed by atoms with Crippen molar-refractivity contribution in [3.05, 3.63) is 114 Å². The standard InChI is InChI=1S/C48H58N2O9S2/c1-34(2)43(52)17-7-6-11-29-50-42-27-21-35-20-26-38(61(56,57)58)33-39(35)46(42)47(3,4)44(50)18-13-19-45-48(5,28-10-12-32-60(53,54)55)40-15-8-9-16-41(40)49(45)30-14-31-59-37-24-22-36(51)23-25-37/h8-9,13,15-16,18-27,33-34H,6-7,10-12,14,17,28-32H2,1-5H3,(H2-,51,53,54,55,56,57,58)/p+1. The van der Waals surface area contributed by atoms with E-state index in [0.29, 0.717) is 57.6 Å². The lowest BCUT2D eigenvalue weighted by atomic mass is 9.77. The number of ether oxygens (including phenoxy) is 1. The Morgan fingerprint density at radius 3 is 2.30 bits per heavy atom. The van der Waals surface area contributed by atoms with Crippen LogP contribution in [-0.4, -0.2) is 72.6 Å². The van der Waals surface area contributed by atoms with Crippen molar-refractivity contribution in [3.63, 3.8) is 0 Å². The van der Waals surface area contributed by atoms with Crippen molar-refractivity contribution >= 4 is 53.9 Å². The lowest BCUT2D eigenvalue weighted by Crippen LogP contribution is -2.30. The molecule has 0 saturated carbocycles. The highest BCUT2D eigenvalue weighted by Gasteiger charge is 2.46. The molecule has 0 saturated heterocycles. The smallest absolute Gasteiger partial charge is 0.294 e. The number of benzene rings is 4. The van der Waals surface area contributed by atoms with E-state index in [-0.39, 0.29) is 28.1 Å². The molecule has 0 amide bonds. The molecule has 0 radical (unpaired) electrons. The first-order chi connectivity index (χ1) is 28.8. The zero-order chi connectivity index (χ0) is 44.2. The molecule has 2 aliphatic heterocycles. The normalized spacial score (nSPS) is 18.2. The maximum Gasteiger partial charge on any atom is 0.294 e. The molecule has 0 fully saturated rings. The number of allylic oxidation sites excluding steroid dienone is 4. The van der Waals surface area contributed by atoms with E-state index in [9.17, 15) is 35.8 Å². The third-order valence-corrected chi connectivity index (χ3v) is 13.8. The van der Waals surface area contributed by atoms with Crippen LogP contribution in [0.4, 0.5) is 11.4 Å². The number of aromatic hydroxyl groups is 1. The van der Waals surface area contributed by atoms with E-state index in [1.165, 1.54) is 6.07 Å². The maximum absolute atomic E-state index is 12.4. The van der Waals surface area contributed by atoms with Crippen molar-refractivity contribution in [1.82, 2.24) is 0 Å². The van der Waals surface area contributed by atoms with Crippen LogP contribution in [0.2, 0.25) is 0 Å². The van der Waals surface area contributed by atoms with E-state index in [1.54, 1.807) is 36.4 Å². The van der Waals surface area contributed by atoms with Gasteiger partial charge in [0, 0.05) is 59.8 Å². The molecule has 4 aromatic rings. The van der Waals surface area contributed by atoms with Gasteiger partial charge in [-0.15, -0.1) is 0 Å². The molecular weight excluding hydrogens is 813 g/mol. The van der Waals surface area contributed by atoms with E-state index in [4.69, 9.17) is 4.74 Å². The van der Waals surface area contributed by atoms with Crippen LogP contribution in [0.15, 0.2) is 108 Å². The second kappa shape index (κ2) is 18.7. The highest BCUT2D eigenvalue weighted by molar-refractivity contribution is 7.86. The van der Waals surface area contributed by atoms with Gasteiger partial charge in [0.15, 0.2) is 5.71 Å². The van der Waals surface area contributed by atoms with Crippen LogP contribution in [0.5, 0.6) is 11.5 Å². The van der Waals surface area contributed by atoms with Gasteiger partial charge >= 0.3 is 0 Å². The fourth-order valence-electron chi connectivity index (χ4n) is 8.97. The number of nitrogens with zero attached hydrogens (tertiary/aromatic N) is 2. The number of unbranched alkanes of at least 4 members (excludes halogenated alkanes) is 3. The minimum Gasteiger partial charge on any atom is -0.508 e. The number of anilines is 1. The number of ketones is 1. The van der Waals surface area contributed by atoms with Gasteiger partial charge in [0.05, 0.1) is 22.7 Å². The Balaban J connectivity index is 1.38. The summed E-state index contributed by atoms with van der Waals surface area (Å²) in [7, 11) is -8.54. The zero-order valence-electron chi connectivity index (χ0n) is 35.8. The zero-order valence-corrected chi connectivity index (χ0v) is 37.4. The lowest BCUT2D eigenvalue weighted by molar-refractivity contribution is -0.438. The highest BCUT2D eigenvalue weighted by Crippen LogP contribution is 2.51. The predicted octanol–water partition coefficient (Wildman–Crippen LogP) is 9.70.